The maximum Gasteiger partial charge on any atom is 0.261 e. The van der Waals surface area contributed by atoms with Crippen LogP contribution in [-0.2, 0) is 24.3 Å². The van der Waals surface area contributed by atoms with Gasteiger partial charge >= 0.3 is 0 Å². The van der Waals surface area contributed by atoms with Crippen LogP contribution in [0.5, 0.6) is 11.5 Å². The lowest BCUT2D eigenvalue weighted by atomic mass is 10.0. The average molecular weight is 479 g/mol. The summed E-state index contributed by atoms with van der Waals surface area (Å²) in [5.74, 6) is 1.70. The minimum absolute atomic E-state index is 0.0567. The molecule has 0 radical (unpaired) electrons. The second kappa shape index (κ2) is 7.98. The molecule has 8 heteroatoms. The number of aryl methyl sites for hydroxylation is 1. The zero-order chi connectivity index (χ0) is 24.2. The molecule has 178 valence electrons. The third-order valence-electron chi connectivity index (χ3n) is 6.86. The fourth-order valence-corrected chi connectivity index (χ4v) is 5.29. The van der Waals surface area contributed by atoms with E-state index in [9.17, 15) is 9.59 Å². The van der Waals surface area contributed by atoms with Crippen molar-refractivity contribution in [1.82, 2.24) is 14.1 Å². The van der Waals surface area contributed by atoms with Gasteiger partial charge in [-0.05, 0) is 42.3 Å². The standard InChI is InChI=1S/C28H22N4O4/c33-25(29-17-9-10-23-24(15-17)36-14-13-35-23)16-32-22-8-4-2-5-18(22)19-11-12-31-27(26(19)32)30-21-7-3-1-6-20(21)28(31)34/h1-10,15H,11-14,16H2,(H,29,33). The summed E-state index contributed by atoms with van der Waals surface area (Å²) in [6.45, 7) is 1.62. The van der Waals surface area contributed by atoms with Crippen LogP contribution in [0.15, 0.2) is 71.5 Å². The Morgan fingerprint density at radius 3 is 2.61 bits per heavy atom. The first kappa shape index (κ1) is 20.8. The van der Waals surface area contributed by atoms with Crippen LogP contribution in [0, 0.1) is 0 Å². The zero-order valence-corrected chi connectivity index (χ0v) is 19.4. The molecule has 0 spiro atoms. The second-order valence-corrected chi connectivity index (χ2v) is 9.00. The number of hydrogen-bond acceptors (Lipinski definition) is 5. The number of hydrogen-bond donors (Lipinski definition) is 1. The predicted molar refractivity (Wildman–Crippen MR) is 137 cm³/mol. The number of fused-ring (bicyclic) bond motifs is 7. The first-order chi connectivity index (χ1) is 17.7. The molecule has 0 bridgehead atoms. The highest BCUT2D eigenvalue weighted by molar-refractivity contribution is 5.96. The van der Waals surface area contributed by atoms with Crippen molar-refractivity contribution in [3.63, 3.8) is 0 Å². The summed E-state index contributed by atoms with van der Waals surface area (Å²) in [4.78, 5) is 31.5. The Kier molecular flexibility index (Phi) is 4.60. The molecular formula is C28H22N4O4. The van der Waals surface area contributed by atoms with Crippen LogP contribution in [0.4, 0.5) is 5.69 Å². The van der Waals surface area contributed by atoms with Gasteiger partial charge in [-0.15, -0.1) is 0 Å². The summed E-state index contributed by atoms with van der Waals surface area (Å²) in [6, 6.07) is 20.8. The van der Waals surface area contributed by atoms with E-state index in [2.05, 4.69) is 11.4 Å². The van der Waals surface area contributed by atoms with E-state index >= 15 is 0 Å². The van der Waals surface area contributed by atoms with Crippen LogP contribution >= 0.6 is 0 Å². The minimum atomic E-state index is -0.185. The van der Waals surface area contributed by atoms with Crippen molar-refractivity contribution in [2.75, 3.05) is 18.5 Å². The van der Waals surface area contributed by atoms with Crippen LogP contribution in [0.3, 0.4) is 0 Å². The molecule has 7 rings (SSSR count). The number of anilines is 1. The molecule has 4 heterocycles. The number of aromatic nitrogens is 3. The van der Waals surface area contributed by atoms with Gasteiger partial charge in [-0.25, -0.2) is 4.98 Å². The van der Waals surface area contributed by atoms with Gasteiger partial charge in [0.15, 0.2) is 17.3 Å². The Morgan fingerprint density at radius 1 is 0.944 bits per heavy atom. The third kappa shape index (κ3) is 3.18. The molecule has 5 aromatic rings. The molecule has 3 aromatic carbocycles. The number of benzene rings is 3. The maximum atomic E-state index is 13.3. The first-order valence-corrected chi connectivity index (χ1v) is 12.0. The van der Waals surface area contributed by atoms with E-state index < -0.39 is 0 Å². The number of ether oxygens (including phenoxy) is 2. The van der Waals surface area contributed by atoms with E-state index in [4.69, 9.17) is 14.5 Å². The monoisotopic (exact) mass is 478 g/mol. The molecule has 2 aromatic heterocycles. The lowest BCUT2D eigenvalue weighted by Gasteiger charge is -2.21. The van der Waals surface area contributed by atoms with Gasteiger partial charge in [0.2, 0.25) is 5.91 Å². The van der Waals surface area contributed by atoms with Gasteiger partial charge in [-0.2, -0.15) is 0 Å². The molecule has 0 aliphatic carbocycles. The van der Waals surface area contributed by atoms with Gasteiger partial charge in [0, 0.05) is 29.2 Å². The van der Waals surface area contributed by atoms with E-state index in [1.165, 1.54) is 0 Å². The highest BCUT2D eigenvalue weighted by Crippen LogP contribution is 2.37. The maximum absolute atomic E-state index is 13.3. The van der Waals surface area contributed by atoms with Crippen molar-refractivity contribution in [2.24, 2.45) is 0 Å². The number of para-hydroxylation sites is 2. The highest BCUT2D eigenvalue weighted by Gasteiger charge is 2.28. The van der Waals surface area contributed by atoms with Crippen molar-refractivity contribution in [1.29, 1.82) is 0 Å². The summed E-state index contributed by atoms with van der Waals surface area (Å²) in [6.07, 6.45) is 0.694. The number of rotatable bonds is 3. The molecule has 0 atom stereocenters. The minimum Gasteiger partial charge on any atom is -0.486 e. The van der Waals surface area contributed by atoms with Crippen LogP contribution in [-0.4, -0.2) is 33.2 Å². The van der Waals surface area contributed by atoms with Crippen LogP contribution in [0.2, 0.25) is 0 Å². The van der Waals surface area contributed by atoms with Gasteiger partial charge < -0.3 is 19.4 Å². The van der Waals surface area contributed by atoms with Crippen molar-refractivity contribution < 1.29 is 14.3 Å². The Morgan fingerprint density at radius 2 is 1.72 bits per heavy atom. The third-order valence-corrected chi connectivity index (χ3v) is 6.86. The molecule has 2 aliphatic heterocycles. The number of amides is 1. The predicted octanol–water partition coefficient (Wildman–Crippen LogP) is 3.98. The summed E-state index contributed by atoms with van der Waals surface area (Å²) in [5.41, 5.74) is 4.10. The summed E-state index contributed by atoms with van der Waals surface area (Å²) >= 11 is 0. The van der Waals surface area contributed by atoms with Crippen molar-refractivity contribution >= 4 is 33.4 Å². The Balaban J connectivity index is 1.33. The fraction of sp³-hybridized carbons (Fsp3) is 0.179. The van der Waals surface area contributed by atoms with Crippen LogP contribution in [0.25, 0.3) is 33.3 Å². The van der Waals surface area contributed by atoms with Crippen LogP contribution in [0.1, 0.15) is 5.56 Å². The van der Waals surface area contributed by atoms with Gasteiger partial charge in [0.1, 0.15) is 19.8 Å². The lowest BCUT2D eigenvalue weighted by Crippen LogP contribution is -2.29. The Labute approximate surface area is 205 Å². The Bertz CT molecular complexity index is 1750. The lowest BCUT2D eigenvalue weighted by molar-refractivity contribution is -0.116. The molecule has 36 heavy (non-hydrogen) atoms. The second-order valence-electron chi connectivity index (χ2n) is 9.00. The van der Waals surface area contributed by atoms with Crippen molar-refractivity contribution in [3.05, 3.63) is 82.6 Å². The highest BCUT2D eigenvalue weighted by atomic mass is 16.6. The van der Waals surface area contributed by atoms with E-state index in [0.29, 0.717) is 60.1 Å². The smallest absolute Gasteiger partial charge is 0.261 e. The molecule has 0 fully saturated rings. The molecule has 0 unspecified atom stereocenters. The zero-order valence-electron chi connectivity index (χ0n) is 19.4. The molecule has 2 aliphatic rings. The van der Waals surface area contributed by atoms with Gasteiger partial charge in [0.05, 0.1) is 16.6 Å². The molecule has 1 amide bonds. The summed E-state index contributed by atoms with van der Waals surface area (Å²) in [5, 5.41) is 4.66. The first-order valence-electron chi connectivity index (χ1n) is 12.0. The number of nitrogens with zero attached hydrogens (tertiary/aromatic N) is 3. The number of carbonyl (C=O) groups excluding carboxylic acids is 1. The van der Waals surface area contributed by atoms with Crippen molar-refractivity contribution in [2.45, 2.75) is 19.5 Å². The van der Waals surface area contributed by atoms with E-state index in [1.807, 2.05) is 47.0 Å². The molecule has 8 nitrogen and oxygen atoms in total. The molecular weight excluding hydrogens is 456 g/mol. The fourth-order valence-electron chi connectivity index (χ4n) is 5.29. The quantitative estimate of drug-likeness (QED) is 0.424. The van der Waals surface area contributed by atoms with Crippen molar-refractivity contribution in [3.8, 4) is 23.0 Å². The summed E-state index contributed by atoms with van der Waals surface area (Å²) < 4.78 is 14.9. The van der Waals surface area contributed by atoms with E-state index in [0.717, 1.165) is 22.2 Å². The van der Waals surface area contributed by atoms with Crippen LogP contribution < -0.4 is 20.3 Å². The SMILES string of the molecule is O=C(Cn1c2c(c3ccccc31)CCn1c-2nc2ccccc2c1=O)Nc1ccc2c(c1)OCCO2. The number of carbonyl (C=O) groups is 1. The average Bonchev–Trinajstić information content (AvgIpc) is 3.22. The normalized spacial score (nSPS) is 13.9. The molecule has 1 N–H and O–H groups in total. The van der Waals surface area contributed by atoms with Gasteiger partial charge in [-0.1, -0.05) is 30.3 Å². The largest absolute Gasteiger partial charge is 0.486 e. The molecule has 0 saturated carbocycles. The van der Waals surface area contributed by atoms with Gasteiger partial charge in [0.25, 0.3) is 5.56 Å². The number of nitrogens with one attached hydrogen (secondary N) is 1. The van der Waals surface area contributed by atoms with Gasteiger partial charge in [-0.3, -0.25) is 14.2 Å². The summed E-state index contributed by atoms with van der Waals surface area (Å²) in [7, 11) is 0. The topological polar surface area (TPSA) is 87.4 Å². The molecule has 0 saturated heterocycles. The van der Waals surface area contributed by atoms with E-state index in [-0.39, 0.29) is 18.0 Å². The van der Waals surface area contributed by atoms with E-state index in [1.54, 1.807) is 22.8 Å². The Hall–Kier alpha value is -4.59.